The normalized spacial score (nSPS) is 12.0. The van der Waals surface area contributed by atoms with Gasteiger partial charge in [-0.2, -0.15) is 0 Å². The fraction of sp³-hybridized carbons (Fsp3) is 0.200. The lowest BCUT2D eigenvalue weighted by molar-refractivity contribution is -0.136. The number of aliphatic carboxylic acids is 1. The summed E-state index contributed by atoms with van der Waals surface area (Å²) in [6.45, 7) is 0.166. The van der Waals surface area contributed by atoms with Crippen LogP contribution in [0.3, 0.4) is 0 Å². The van der Waals surface area contributed by atoms with E-state index in [4.69, 9.17) is 14.6 Å². The zero-order valence-electron chi connectivity index (χ0n) is 17.2. The number of fused-ring (bicyclic) bond motifs is 3. The molecule has 0 atom stereocenters. The van der Waals surface area contributed by atoms with E-state index in [1.54, 1.807) is 24.3 Å². The molecule has 1 N–H and O–H groups in total. The van der Waals surface area contributed by atoms with E-state index in [-0.39, 0.29) is 25.5 Å². The third-order valence-corrected chi connectivity index (χ3v) is 5.47. The summed E-state index contributed by atoms with van der Waals surface area (Å²) >= 11 is 0. The highest BCUT2D eigenvalue weighted by Crippen LogP contribution is 2.44. The molecule has 0 aliphatic heterocycles. The molecule has 1 amide bonds. The summed E-state index contributed by atoms with van der Waals surface area (Å²) < 4.78 is 10.9. The molecule has 31 heavy (non-hydrogen) atoms. The van der Waals surface area contributed by atoms with Crippen LogP contribution in [-0.2, 0) is 9.53 Å². The van der Waals surface area contributed by atoms with Crippen molar-refractivity contribution in [1.82, 2.24) is 0 Å². The van der Waals surface area contributed by atoms with Crippen LogP contribution in [0.4, 0.5) is 10.5 Å². The molecule has 0 fully saturated rings. The van der Waals surface area contributed by atoms with Gasteiger partial charge in [0.2, 0.25) is 0 Å². The number of benzene rings is 3. The Bertz CT molecular complexity index is 1060. The van der Waals surface area contributed by atoms with E-state index in [2.05, 4.69) is 24.3 Å². The number of nitrogens with zero attached hydrogens (tertiary/aromatic N) is 1. The van der Waals surface area contributed by atoms with Gasteiger partial charge in [0.25, 0.3) is 0 Å². The second-order valence-electron chi connectivity index (χ2n) is 7.30. The molecule has 0 unspecified atom stereocenters. The van der Waals surface area contributed by atoms with Gasteiger partial charge in [-0.1, -0.05) is 54.6 Å². The summed E-state index contributed by atoms with van der Waals surface area (Å²) in [6.07, 6.45) is -0.780. The zero-order valence-corrected chi connectivity index (χ0v) is 17.2. The molecule has 158 valence electrons. The minimum absolute atomic E-state index is 0.000819. The van der Waals surface area contributed by atoms with Crippen LogP contribution in [0.5, 0.6) is 5.75 Å². The van der Waals surface area contributed by atoms with E-state index in [1.807, 2.05) is 24.3 Å². The van der Waals surface area contributed by atoms with Gasteiger partial charge in [-0.05, 0) is 34.4 Å². The summed E-state index contributed by atoms with van der Waals surface area (Å²) in [7, 11) is 1.54. The lowest BCUT2D eigenvalue weighted by Gasteiger charge is -2.23. The highest BCUT2D eigenvalue weighted by molar-refractivity contribution is 5.89. The molecule has 0 saturated carbocycles. The Kier molecular flexibility index (Phi) is 5.89. The van der Waals surface area contributed by atoms with Crippen LogP contribution in [0.15, 0.2) is 72.8 Å². The van der Waals surface area contributed by atoms with E-state index >= 15 is 0 Å². The number of ether oxygens (including phenoxy) is 2. The first-order chi connectivity index (χ1) is 15.1. The number of amides is 1. The van der Waals surface area contributed by atoms with Gasteiger partial charge in [-0.15, -0.1) is 0 Å². The highest BCUT2D eigenvalue weighted by Gasteiger charge is 2.30. The van der Waals surface area contributed by atoms with Gasteiger partial charge in [-0.3, -0.25) is 9.69 Å². The second-order valence-corrected chi connectivity index (χ2v) is 7.30. The molecule has 0 heterocycles. The lowest BCUT2D eigenvalue weighted by atomic mass is 9.98. The Morgan fingerprint density at radius 3 is 2.19 bits per heavy atom. The summed E-state index contributed by atoms with van der Waals surface area (Å²) in [6, 6.07) is 23.1. The number of anilines is 1. The van der Waals surface area contributed by atoms with Crippen LogP contribution in [-0.4, -0.2) is 37.4 Å². The summed E-state index contributed by atoms with van der Waals surface area (Å²) in [5.74, 6) is -0.480. The average molecular weight is 417 g/mol. The number of hydrogen-bond acceptors (Lipinski definition) is 4. The van der Waals surface area contributed by atoms with Crippen LogP contribution < -0.4 is 9.64 Å². The molecule has 4 rings (SSSR count). The number of rotatable bonds is 7. The lowest BCUT2D eigenvalue weighted by Crippen LogP contribution is -2.34. The van der Waals surface area contributed by atoms with Crippen molar-refractivity contribution in [1.29, 1.82) is 0 Å². The number of hydrogen-bond donors (Lipinski definition) is 1. The molecule has 6 heteroatoms. The number of carbonyl (C=O) groups excluding carboxylic acids is 1. The third-order valence-electron chi connectivity index (χ3n) is 5.47. The fourth-order valence-electron chi connectivity index (χ4n) is 3.98. The molecule has 3 aromatic carbocycles. The predicted octanol–water partition coefficient (Wildman–Crippen LogP) is 4.93. The van der Waals surface area contributed by atoms with E-state index in [0.29, 0.717) is 11.4 Å². The van der Waals surface area contributed by atoms with E-state index in [9.17, 15) is 9.59 Å². The zero-order chi connectivity index (χ0) is 21.8. The maximum atomic E-state index is 13.0. The van der Waals surface area contributed by atoms with Crippen molar-refractivity contribution >= 4 is 17.7 Å². The Hall–Kier alpha value is -3.80. The van der Waals surface area contributed by atoms with Gasteiger partial charge in [0.1, 0.15) is 12.4 Å². The van der Waals surface area contributed by atoms with Crippen molar-refractivity contribution in [3.8, 4) is 16.9 Å². The average Bonchev–Trinajstić information content (AvgIpc) is 3.11. The Morgan fingerprint density at radius 1 is 0.935 bits per heavy atom. The van der Waals surface area contributed by atoms with Gasteiger partial charge >= 0.3 is 12.1 Å². The van der Waals surface area contributed by atoms with Crippen LogP contribution in [0.25, 0.3) is 11.1 Å². The largest absolute Gasteiger partial charge is 0.497 e. The van der Waals surface area contributed by atoms with E-state index in [0.717, 1.165) is 22.3 Å². The third kappa shape index (κ3) is 4.23. The Labute approximate surface area is 180 Å². The molecule has 6 nitrogen and oxygen atoms in total. The van der Waals surface area contributed by atoms with Crippen molar-refractivity contribution in [2.45, 2.75) is 12.3 Å². The smallest absolute Gasteiger partial charge is 0.414 e. The first kappa shape index (κ1) is 20.5. The molecular weight excluding hydrogens is 394 g/mol. The molecule has 3 aromatic rings. The minimum atomic E-state index is -0.987. The van der Waals surface area contributed by atoms with Crippen molar-refractivity contribution < 1.29 is 24.2 Å². The topological polar surface area (TPSA) is 76.1 Å². The monoisotopic (exact) mass is 417 g/mol. The number of carboxylic acid groups (broad SMARTS) is 1. The Balaban J connectivity index is 1.56. The van der Waals surface area contributed by atoms with Crippen LogP contribution in [0.2, 0.25) is 0 Å². The fourth-order valence-corrected chi connectivity index (χ4v) is 3.98. The van der Waals surface area contributed by atoms with Crippen LogP contribution in [0, 0.1) is 0 Å². The van der Waals surface area contributed by atoms with Gasteiger partial charge < -0.3 is 14.6 Å². The quantitative estimate of drug-likeness (QED) is 0.590. The van der Waals surface area contributed by atoms with Crippen LogP contribution >= 0.6 is 0 Å². The van der Waals surface area contributed by atoms with Gasteiger partial charge in [0.15, 0.2) is 0 Å². The molecule has 0 spiro atoms. The van der Waals surface area contributed by atoms with Gasteiger partial charge in [0, 0.05) is 18.5 Å². The molecule has 1 aliphatic rings. The molecule has 0 saturated heterocycles. The SMILES string of the molecule is COc1cccc(N(CCC(=O)O)C(=O)OCC2c3ccccc3-c3ccccc32)c1. The van der Waals surface area contributed by atoms with Crippen LogP contribution in [0.1, 0.15) is 23.5 Å². The van der Waals surface area contributed by atoms with Gasteiger partial charge in [0.05, 0.1) is 19.2 Å². The maximum absolute atomic E-state index is 13.0. The van der Waals surface area contributed by atoms with Gasteiger partial charge in [-0.25, -0.2) is 4.79 Å². The van der Waals surface area contributed by atoms with Crippen molar-refractivity contribution in [3.63, 3.8) is 0 Å². The number of carbonyl (C=O) groups is 2. The van der Waals surface area contributed by atoms with Crippen molar-refractivity contribution in [2.24, 2.45) is 0 Å². The molecular formula is C25H23NO5. The second kappa shape index (κ2) is 8.92. The maximum Gasteiger partial charge on any atom is 0.414 e. The molecule has 0 aromatic heterocycles. The first-order valence-corrected chi connectivity index (χ1v) is 10.1. The summed E-state index contributed by atoms with van der Waals surface area (Å²) in [4.78, 5) is 25.5. The van der Waals surface area contributed by atoms with E-state index < -0.39 is 12.1 Å². The summed E-state index contributed by atoms with van der Waals surface area (Å²) in [5, 5.41) is 9.11. The number of carboxylic acids is 1. The number of methoxy groups -OCH3 is 1. The predicted molar refractivity (Wildman–Crippen MR) is 118 cm³/mol. The highest BCUT2D eigenvalue weighted by atomic mass is 16.6. The van der Waals surface area contributed by atoms with Crippen molar-refractivity contribution in [3.05, 3.63) is 83.9 Å². The molecule has 0 radical (unpaired) electrons. The molecule has 0 bridgehead atoms. The summed E-state index contributed by atoms with van der Waals surface area (Å²) in [5.41, 5.74) is 5.06. The van der Waals surface area contributed by atoms with Crippen molar-refractivity contribution in [2.75, 3.05) is 25.2 Å². The Morgan fingerprint density at radius 2 is 1.58 bits per heavy atom. The standard InChI is InChI=1S/C25H23NO5/c1-30-18-8-6-7-17(15-18)26(14-13-24(27)28)25(29)31-16-23-21-11-4-2-9-19(21)20-10-3-5-12-22(20)23/h2-12,15,23H,13-14,16H2,1H3,(H,27,28). The molecule has 1 aliphatic carbocycles. The minimum Gasteiger partial charge on any atom is -0.497 e. The first-order valence-electron chi connectivity index (χ1n) is 10.1. The van der Waals surface area contributed by atoms with E-state index in [1.165, 1.54) is 12.0 Å².